The molecule has 5 nitrogen and oxygen atoms in total. The van der Waals surface area contributed by atoms with Gasteiger partial charge in [0.25, 0.3) is 5.91 Å². The zero-order valence-corrected chi connectivity index (χ0v) is 17.6. The second kappa shape index (κ2) is 8.45. The summed E-state index contributed by atoms with van der Waals surface area (Å²) in [5.74, 6) is -0.0826. The summed E-state index contributed by atoms with van der Waals surface area (Å²) in [6, 6.07) is 13.2. The van der Waals surface area contributed by atoms with Crippen molar-refractivity contribution >= 4 is 15.7 Å². The minimum Gasteiger partial charge on any atom is -0.337 e. The maximum atomic E-state index is 13.1. The van der Waals surface area contributed by atoms with Gasteiger partial charge < -0.3 is 4.90 Å². The highest BCUT2D eigenvalue weighted by atomic mass is 32.2. The predicted molar refractivity (Wildman–Crippen MR) is 111 cm³/mol. The summed E-state index contributed by atoms with van der Waals surface area (Å²) in [5, 5.41) is 0. The highest BCUT2D eigenvalue weighted by molar-refractivity contribution is 7.90. The monoisotopic (exact) mass is 400 g/mol. The molecule has 28 heavy (non-hydrogen) atoms. The summed E-state index contributed by atoms with van der Waals surface area (Å²) < 4.78 is 23.7. The molecule has 0 radical (unpaired) electrons. The lowest BCUT2D eigenvalue weighted by Gasteiger charge is -2.23. The van der Waals surface area contributed by atoms with Crippen molar-refractivity contribution in [3.8, 4) is 0 Å². The topological polar surface area (TPSA) is 57.7 Å². The number of carbonyl (C=O) groups excluding carboxylic acids is 1. The van der Waals surface area contributed by atoms with E-state index >= 15 is 0 Å². The van der Waals surface area contributed by atoms with Crippen LogP contribution >= 0.6 is 0 Å². The third-order valence-electron chi connectivity index (χ3n) is 5.40. The Morgan fingerprint density at radius 3 is 2.43 bits per heavy atom. The van der Waals surface area contributed by atoms with Gasteiger partial charge in [0.2, 0.25) is 0 Å². The number of benzene rings is 2. The molecular weight excluding hydrogens is 372 g/mol. The summed E-state index contributed by atoms with van der Waals surface area (Å²) in [5.41, 5.74) is 3.89. The van der Waals surface area contributed by atoms with E-state index in [1.807, 2.05) is 11.8 Å². The Balaban J connectivity index is 1.72. The standard InChI is InChI=1S/C22H28N2O3S/c1-17-7-4-5-8-19(17)16-23-11-6-12-24(14-13-23)22(25)21-15-20(28(3,26)27)10-9-18(21)2/h4-5,7-10,15H,6,11-14,16H2,1-3H3. The number of nitrogens with zero attached hydrogens (tertiary/aromatic N) is 2. The highest BCUT2D eigenvalue weighted by Crippen LogP contribution is 2.19. The van der Waals surface area contributed by atoms with Crippen molar-refractivity contribution in [3.05, 3.63) is 64.7 Å². The second-order valence-electron chi connectivity index (χ2n) is 7.60. The van der Waals surface area contributed by atoms with Crippen molar-refractivity contribution in [2.45, 2.75) is 31.7 Å². The van der Waals surface area contributed by atoms with E-state index in [2.05, 4.69) is 36.1 Å². The van der Waals surface area contributed by atoms with E-state index in [1.165, 1.54) is 23.4 Å². The molecule has 3 rings (SSSR count). The van der Waals surface area contributed by atoms with E-state index in [9.17, 15) is 13.2 Å². The maximum Gasteiger partial charge on any atom is 0.254 e. The molecule has 0 aliphatic carbocycles. The van der Waals surface area contributed by atoms with Crippen LogP contribution in [0.4, 0.5) is 0 Å². The molecule has 2 aromatic carbocycles. The normalized spacial score (nSPS) is 16.0. The van der Waals surface area contributed by atoms with Crippen molar-refractivity contribution in [3.63, 3.8) is 0 Å². The summed E-state index contributed by atoms with van der Waals surface area (Å²) >= 11 is 0. The minimum atomic E-state index is -3.34. The van der Waals surface area contributed by atoms with Crippen molar-refractivity contribution in [2.75, 3.05) is 32.4 Å². The Kier molecular flexibility index (Phi) is 6.20. The van der Waals surface area contributed by atoms with E-state index < -0.39 is 9.84 Å². The van der Waals surface area contributed by atoms with E-state index in [1.54, 1.807) is 12.1 Å². The van der Waals surface area contributed by atoms with Crippen molar-refractivity contribution in [1.29, 1.82) is 0 Å². The molecule has 1 aliphatic heterocycles. The third-order valence-corrected chi connectivity index (χ3v) is 6.51. The van der Waals surface area contributed by atoms with Gasteiger partial charge in [-0.15, -0.1) is 0 Å². The first-order chi connectivity index (χ1) is 13.3. The van der Waals surface area contributed by atoms with Crippen LogP contribution in [0.2, 0.25) is 0 Å². The average molecular weight is 401 g/mol. The molecule has 0 N–H and O–H groups in total. The number of aryl methyl sites for hydroxylation is 2. The molecule has 1 heterocycles. The SMILES string of the molecule is Cc1ccccc1CN1CCCN(C(=O)c2cc(S(C)(=O)=O)ccc2C)CC1. The van der Waals surface area contributed by atoms with Crippen LogP contribution in [0.1, 0.15) is 33.5 Å². The lowest BCUT2D eigenvalue weighted by molar-refractivity contribution is 0.0760. The molecule has 6 heteroatoms. The van der Waals surface area contributed by atoms with Gasteiger partial charge >= 0.3 is 0 Å². The molecule has 1 amide bonds. The molecule has 0 bridgehead atoms. The van der Waals surface area contributed by atoms with Crippen LogP contribution in [0, 0.1) is 13.8 Å². The van der Waals surface area contributed by atoms with Gasteiger partial charge in [-0.05, 0) is 49.1 Å². The number of hydrogen-bond donors (Lipinski definition) is 0. The number of sulfone groups is 1. The summed E-state index contributed by atoms with van der Waals surface area (Å²) in [6.45, 7) is 7.95. The van der Waals surface area contributed by atoms with Crippen LogP contribution < -0.4 is 0 Å². The van der Waals surface area contributed by atoms with Gasteiger partial charge in [0.1, 0.15) is 0 Å². The largest absolute Gasteiger partial charge is 0.337 e. The Bertz CT molecular complexity index is 969. The van der Waals surface area contributed by atoms with E-state index in [-0.39, 0.29) is 10.8 Å². The second-order valence-corrected chi connectivity index (χ2v) is 9.61. The van der Waals surface area contributed by atoms with Crippen LogP contribution in [0.5, 0.6) is 0 Å². The maximum absolute atomic E-state index is 13.1. The van der Waals surface area contributed by atoms with Gasteiger partial charge in [-0.1, -0.05) is 30.3 Å². The fourth-order valence-corrected chi connectivity index (χ4v) is 4.24. The van der Waals surface area contributed by atoms with E-state index in [0.717, 1.165) is 31.6 Å². The Hall–Kier alpha value is -2.18. The quantitative estimate of drug-likeness (QED) is 0.792. The fraction of sp³-hybridized carbons (Fsp3) is 0.409. The Morgan fingerprint density at radius 2 is 1.71 bits per heavy atom. The lowest BCUT2D eigenvalue weighted by Crippen LogP contribution is -2.35. The number of hydrogen-bond acceptors (Lipinski definition) is 4. The molecule has 150 valence electrons. The van der Waals surface area contributed by atoms with Crippen molar-refractivity contribution in [2.24, 2.45) is 0 Å². The Morgan fingerprint density at radius 1 is 0.964 bits per heavy atom. The lowest BCUT2D eigenvalue weighted by atomic mass is 10.1. The van der Waals surface area contributed by atoms with Gasteiger partial charge in [0.05, 0.1) is 4.90 Å². The van der Waals surface area contributed by atoms with Gasteiger partial charge in [-0.25, -0.2) is 8.42 Å². The molecule has 0 spiro atoms. The van der Waals surface area contributed by atoms with Crippen LogP contribution in [-0.2, 0) is 16.4 Å². The Labute approximate surface area is 167 Å². The van der Waals surface area contributed by atoms with Gasteiger partial charge in [-0.3, -0.25) is 9.69 Å². The molecule has 0 atom stereocenters. The van der Waals surface area contributed by atoms with Crippen LogP contribution in [0.25, 0.3) is 0 Å². The first kappa shape index (κ1) is 20.6. The smallest absolute Gasteiger partial charge is 0.254 e. The van der Waals surface area contributed by atoms with E-state index in [0.29, 0.717) is 18.7 Å². The average Bonchev–Trinajstić information content (AvgIpc) is 2.88. The molecule has 2 aromatic rings. The number of amides is 1. The van der Waals surface area contributed by atoms with Crippen LogP contribution in [0.3, 0.4) is 0 Å². The first-order valence-electron chi connectivity index (χ1n) is 9.62. The summed E-state index contributed by atoms with van der Waals surface area (Å²) in [4.78, 5) is 17.5. The molecule has 1 saturated heterocycles. The zero-order valence-electron chi connectivity index (χ0n) is 16.8. The van der Waals surface area contributed by atoms with Gasteiger partial charge in [0, 0.05) is 44.5 Å². The van der Waals surface area contributed by atoms with Gasteiger partial charge in [-0.2, -0.15) is 0 Å². The third kappa shape index (κ3) is 4.80. The fourth-order valence-electron chi connectivity index (χ4n) is 3.59. The van der Waals surface area contributed by atoms with Crippen molar-refractivity contribution < 1.29 is 13.2 Å². The minimum absolute atomic E-state index is 0.0826. The zero-order chi connectivity index (χ0) is 20.3. The molecule has 0 aromatic heterocycles. The number of rotatable bonds is 4. The van der Waals surface area contributed by atoms with Crippen LogP contribution in [-0.4, -0.2) is 56.6 Å². The number of carbonyl (C=O) groups is 1. The van der Waals surface area contributed by atoms with Gasteiger partial charge in [0.15, 0.2) is 9.84 Å². The predicted octanol–water partition coefficient (Wildman–Crippen LogP) is 3.06. The molecule has 1 fully saturated rings. The van der Waals surface area contributed by atoms with Crippen LogP contribution in [0.15, 0.2) is 47.4 Å². The van der Waals surface area contributed by atoms with Crippen molar-refractivity contribution in [1.82, 2.24) is 9.80 Å². The first-order valence-corrected chi connectivity index (χ1v) is 11.5. The molecule has 0 unspecified atom stereocenters. The molecule has 1 aliphatic rings. The van der Waals surface area contributed by atoms with E-state index in [4.69, 9.17) is 0 Å². The molecular formula is C22H28N2O3S. The molecule has 0 saturated carbocycles. The highest BCUT2D eigenvalue weighted by Gasteiger charge is 2.23. The summed E-state index contributed by atoms with van der Waals surface area (Å²) in [7, 11) is -3.34. The summed E-state index contributed by atoms with van der Waals surface area (Å²) in [6.07, 6.45) is 2.07.